The molecule has 1 unspecified atom stereocenters. The third-order valence-corrected chi connectivity index (χ3v) is 5.91. The van der Waals surface area contributed by atoms with Crippen LogP contribution in [0.1, 0.15) is 29.5 Å². The minimum atomic E-state index is -0.0119. The zero-order valence-corrected chi connectivity index (χ0v) is 19.0. The van der Waals surface area contributed by atoms with E-state index in [4.69, 9.17) is 20.8 Å². The predicted octanol–water partition coefficient (Wildman–Crippen LogP) is 4.43. The molecular weight excluding hydrogens is 426 g/mol. The van der Waals surface area contributed by atoms with E-state index in [0.29, 0.717) is 36.1 Å². The summed E-state index contributed by atoms with van der Waals surface area (Å²) in [4.78, 5) is 19.3. The Morgan fingerprint density at radius 2 is 1.97 bits per heavy atom. The molecule has 2 aromatic carbocycles. The van der Waals surface area contributed by atoms with Crippen molar-refractivity contribution >= 4 is 17.5 Å². The second-order valence-corrected chi connectivity index (χ2v) is 8.44. The summed E-state index contributed by atoms with van der Waals surface area (Å²) in [5.41, 5.74) is 3.34. The zero-order valence-electron chi connectivity index (χ0n) is 18.2. The van der Waals surface area contributed by atoms with E-state index in [9.17, 15) is 4.79 Å². The third kappa shape index (κ3) is 5.97. The fourth-order valence-electron chi connectivity index (χ4n) is 3.92. The lowest BCUT2D eigenvalue weighted by molar-refractivity contribution is -0.121. The molecule has 6 nitrogen and oxygen atoms in total. The summed E-state index contributed by atoms with van der Waals surface area (Å²) in [5.74, 6) is 1.21. The highest BCUT2D eigenvalue weighted by molar-refractivity contribution is 6.30. The van der Waals surface area contributed by atoms with Crippen molar-refractivity contribution in [3.05, 3.63) is 76.8 Å². The molecule has 32 heavy (non-hydrogen) atoms. The Labute approximate surface area is 193 Å². The molecule has 168 valence electrons. The molecule has 1 aliphatic heterocycles. The molecule has 2 heterocycles. The Morgan fingerprint density at radius 1 is 1.19 bits per heavy atom. The Bertz CT molecular complexity index is 1030. The average molecular weight is 454 g/mol. The molecule has 0 aliphatic carbocycles. The number of hydrogen-bond acceptors (Lipinski definition) is 5. The zero-order chi connectivity index (χ0) is 22.3. The maximum Gasteiger partial charge on any atom is 0.220 e. The molecule has 7 heteroatoms. The van der Waals surface area contributed by atoms with Gasteiger partial charge < -0.3 is 14.5 Å². The van der Waals surface area contributed by atoms with Gasteiger partial charge in [0.15, 0.2) is 11.7 Å². The van der Waals surface area contributed by atoms with Crippen molar-refractivity contribution < 1.29 is 13.9 Å². The summed E-state index contributed by atoms with van der Waals surface area (Å²) < 4.78 is 11.3. The quantitative estimate of drug-likeness (QED) is 0.546. The van der Waals surface area contributed by atoms with Gasteiger partial charge in [0.2, 0.25) is 5.91 Å². The summed E-state index contributed by atoms with van der Waals surface area (Å²) in [6, 6.07) is 16.0. The number of nitrogens with one attached hydrogen (secondary N) is 1. The first kappa shape index (κ1) is 22.5. The number of aromatic nitrogens is 1. The van der Waals surface area contributed by atoms with E-state index in [-0.39, 0.29) is 11.9 Å². The molecule has 1 aromatic heterocycles. The van der Waals surface area contributed by atoms with E-state index in [1.54, 1.807) is 6.20 Å². The molecule has 1 aliphatic rings. The largest absolute Gasteiger partial charge is 0.441 e. The number of benzene rings is 2. The average Bonchev–Trinajstić information content (AvgIpc) is 3.28. The van der Waals surface area contributed by atoms with Gasteiger partial charge in [-0.25, -0.2) is 4.98 Å². The lowest BCUT2D eigenvalue weighted by atomic mass is 10.0. The van der Waals surface area contributed by atoms with Crippen LogP contribution in [-0.2, 0) is 16.0 Å². The number of hydrogen-bond donors (Lipinski definition) is 1. The van der Waals surface area contributed by atoms with Gasteiger partial charge in [-0.05, 0) is 36.8 Å². The Balaban J connectivity index is 1.33. The van der Waals surface area contributed by atoms with Crippen LogP contribution in [0.2, 0.25) is 5.02 Å². The van der Waals surface area contributed by atoms with Crippen molar-refractivity contribution in [2.75, 3.05) is 32.8 Å². The van der Waals surface area contributed by atoms with Crippen LogP contribution < -0.4 is 5.32 Å². The van der Waals surface area contributed by atoms with Crippen molar-refractivity contribution in [3.8, 4) is 11.3 Å². The van der Waals surface area contributed by atoms with Crippen LogP contribution in [0.4, 0.5) is 0 Å². The first-order valence-corrected chi connectivity index (χ1v) is 11.3. The molecular formula is C25H28ClN3O3. The topological polar surface area (TPSA) is 67.6 Å². The van der Waals surface area contributed by atoms with Crippen LogP contribution in [0.3, 0.4) is 0 Å². The number of morpholine rings is 1. The van der Waals surface area contributed by atoms with E-state index in [1.165, 1.54) is 11.1 Å². The molecule has 0 radical (unpaired) electrons. The monoisotopic (exact) mass is 453 g/mol. The molecule has 1 amide bonds. The number of amides is 1. The Kier molecular flexibility index (Phi) is 7.58. The minimum absolute atomic E-state index is 0.0119. The van der Waals surface area contributed by atoms with Crippen LogP contribution >= 0.6 is 11.6 Å². The molecule has 1 N–H and O–H groups in total. The van der Waals surface area contributed by atoms with E-state index in [1.807, 2.05) is 24.3 Å². The van der Waals surface area contributed by atoms with Gasteiger partial charge in [-0.15, -0.1) is 0 Å². The molecule has 1 saturated heterocycles. The SMILES string of the molecule is Cc1cccc(C(CNC(=O)CCc2ncc(-c3ccc(Cl)cc3)o2)N2CCOCC2)c1. The maximum absolute atomic E-state index is 12.6. The first-order valence-electron chi connectivity index (χ1n) is 10.9. The molecule has 1 fully saturated rings. The van der Waals surface area contributed by atoms with Gasteiger partial charge in [-0.2, -0.15) is 0 Å². The summed E-state index contributed by atoms with van der Waals surface area (Å²) in [6.07, 6.45) is 2.46. The third-order valence-electron chi connectivity index (χ3n) is 5.65. The minimum Gasteiger partial charge on any atom is -0.441 e. The number of oxazole rings is 1. The number of halogens is 1. The fourth-order valence-corrected chi connectivity index (χ4v) is 4.04. The number of nitrogens with zero attached hydrogens (tertiary/aromatic N) is 2. The number of ether oxygens (including phenoxy) is 1. The molecule has 1 atom stereocenters. The van der Waals surface area contributed by atoms with E-state index in [0.717, 1.165) is 31.9 Å². The van der Waals surface area contributed by atoms with Gasteiger partial charge in [-0.3, -0.25) is 9.69 Å². The number of aryl methyl sites for hydroxylation is 2. The highest BCUT2D eigenvalue weighted by Gasteiger charge is 2.23. The molecule has 0 spiro atoms. The van der Waals surface area contributed by atoms with Crippen molar-refractivity contribution in [2.24, 2.45) is 0 Å². The van der Waals surface area contributed by atoms with Crippen molar-refractivity contribution in [2.45, 2.75) is 25.8 Å². The van der Waals surface area contributed by atoms with Gasteiger partial charge >= 0.3 is 0 Å². The molecule has 0 bridgehead atoms. The predicted molar refractivity (Wildman–Crippen MR) is 125 cm³/mol. The van der Waals surface area contributed by atoms with E-state index < -0.39 is 0 Å². The second kappa shape index (κ2) is 10.8. The first-order chi connectivity index (χ1) is 15.6. The molecule has 3 aromatic rings. The van der Waals surface area contributed by atoms with Crippen LogP contribution in [0, 0.1) is 6.92 Å². The summed E-state index contributed by atoms with van der Waals surface area (Å²) in [7, 11) is 0. The van der Waals surface area contributed by atoms with Gasteiger partial charge in [0.1, 0.15) is 0 Å². The number of carbonyl (C=O) groups excluding carboxylic acids is 1. The van der Waals surface area contributed by atoms with Gasteiger partial charge in [-0.1, -0.05) is 41.4 Å². The van der Waals surface area contributed by atoms with Crippen LogP contribution in [-0.4, -0.2) is 48.6 Å². The lowest BCUT2D eigenvalue weighted by Crippen LogP contribution is -2.43. The van der Waals surface area contributed by atoms with Crippen LogP contribution in [0.5, 0.6) is 0 Å². The summed E-state index contributed by atoms with van der Waals surface area (Å²) >= 11 is 5.94. The Hall–Kier alpha value is -2.67. The van der Waals surface area contributed by atoms with Gasteiger partial charge in [0.25, 0.3) is 0 Å². The van der Waals surface area contributed by atoms with Crippen molar-refractivity contribution in [1.82, 2.24) is 15.2 Å². The molecule has 4 rings (SSSR count). The standard InChI is InChI=1S/C25H28ClN3O3/c1-18-3-2-4-20(15-18)22(29-11-13-31-14-12-29)16-27-24(30)9-10-25-28-17-23(32-25)19-5-7-21(26)8-6-19/h2-8,15,17,22H,9-14,16H2,1H3,(H,27,30). The smallest absolute Gasteiger partial charge is 0.220 e. The Morgan fingerprint density at radius 3 is 2.72 bits per heavy atom. The fraction of sp³-hybridized carbons (Fsp3) is 0.360. The van der Waals surface area contributed by atoms with Crippen LogP contribution in [0.25, 0.3) is 11.3 Å². The lowest BCUT2D eigenvalue weighted by Gasteiger charge is -2.35. The summed E-state index contributed by atoms with van der Waals surface area (Å²) in [5, 5.41) is 3.78. The van der Waals surface area contributed by atoms with Gasteiger partial charge in [0, 0.05) is 43.1 Å². The van der Waals surface area contributed by atoms with E-state index >= 15 is 0 Å². The second-order valence-electron chi connectivity index (χ2n) is 8.01. The van der Waals surface area contributed by atoms with E-state index in [2.05, 4.69) is 46.4 Å². The highest BCUT2D eigenvalue weighted by atomic mass is 35.5. The van der Waals surface area contributed by atoms with Crippen molar-refractivity contribution in [1.29, 1.82) is 0 Å². The highest BCUT2D eigenvalue weighted by Crippen LogP contribution is 2.24. The molecule has 0 saturated carbocycles. The van der Waals surface area contributed by atoms with Crippen LogP contribution in [0.15, 0.2) is 59.1 Å². The van der Waals surface area contributed by atoms with Crippen molar-refractivity contribution in [3.63, 3.8) is 0 Å². The number of rotatable bonds is 8. The number of carbonyl (C=O) groups is 1. The summed E-state index contributed by atoms with van der Waals surface area (Å²) in [6.45, 7) is 5.81. The maximum atomic E-state index is 12.6. The normalized spacial score (nSPS) is 15.4. The van der Waals surface area contributed by atoms with Gasteiger partial charge in [0.05, 0.1) is 25.5 Å².